The van der Waals surface area contributed by atoms with E-state index >= 15 is 0 Å². The molecule has 1 N–H and O–H groups in total. The van der Waals surface area contributed by atoms with E-state index in [0.717, 1.165) is 3.57 Å². The zero-order chi connectivity index (χ0) is 19.1. The number of benzene rings is 2. The van der Waals surface area contributed by atoms with E-state index in [9.17, 15) is 10.1 Å². The van der Waals surface area contributed by atoms with Gasteiger partial charge in [0.15, 0.2) is 0 Å². The van der Waals surface area contributed by atoms with Crippen molar-refractivity contribution in [2.45, 2.75) is 0 Å². The van der Waals surface area contributed by atoms with Crippen LogP contribution in [0.1, 0.15) is 5.56 Å². The SMILES string of the molecule is C=CCOc1c(Br)cc(/C=C(/C#N)C(=O)Nc2ccccc2I)cc1Br. The molecular weight excluding hydrogens is 575 g/mol. The van der Waals surface area contributed by atoms with Crippen LogP contribution in [0.5, 0.6) is 5.75 Å². The van der Waals surface area contributed by atoms with Gasteiger partial charge in [0.05, 0.1) is 14.6 Å². The number of amides is 1. The zero-order valence-electron chi connectivity index (χ0n) is 13.4. The Balaban J connectivity index is 2.28. The number of carbonyl (C=O) groups is 1. The minimum Gasteiger partial charge on any atom is -0.487 e. The minimum atomic E-state index is -0.462. The largest absolute Gasteiger partial charge is 0.487 e. The van der Waals surface area contributed by atoms with Crippen LogP contribution < -0.4 is 10.1 Å². The highest BCUT2D eigenvalue weighted by atomic mass is 127. The van der Waals surface area contributed by atoms with Gasteiger partial charge in [0.25, 0.3) is 5.91 Å². The molecule has 132 valence electrons. The van der Waals surface area contributed by atoms with Gasteiger partial charge in [0.2, 0.25) is 0 Å². The van der Waals surface area contributed by atoms with Gasteiger partial charge in [-0.1, -0.05) is 24.8 Å². The number of carbonyl (C=O) groups excluding carboxylic acids is 1. The van der Waals surface area contributed by atoms with Crippen LogP contribution in [0.3, 0.4) is 0 Å². The predicted molar refractivity (Wildman–Crippen MR) is 119 cm³/mol. The first-order valence-corrected chi connectivity index (χ1v) is 10.0. The van der Waals surface area contributed by atoms with Crippen molar-refractivity contribution < 1.29 is 9.53 Å². The Morgan fingerprint density at radius 3 is 2.54 bits per heavy atom. The molecule has 4 nitrogen and oxygen atoms in total. The van der Waals surface area contributed by atoms with Crippen molar-refractivity contribution in [1.82, 2.24) is 0 Å². The highest BCUT2D eigenvalue weighted by molar-refractivity contribution is 14.1. The number of halogens is 3. The van der Waals surface area contributed by atoms with Crippen molar-refractivity contribution in [1.29, 1.82) is 5.26 Å². The van der Waals surface area contributed by atoms with Crippen LogP contribution >= 0.6 is 54.5 Å². The van der Waals surface area contributed by atoms with Crippen molar-refractivity contribution in [3.8, 4) is 11.8 Å². The van der Waals surface area contributed by atoms with Crippen molar-refractivity contribution in [2.75, 3.05) is 11.9 Å². The Kier molecular flexibility index (Phi) is 7.87. The summed E-state index contributed by atoms with van der Waals surface area (Å²) in [6, 6.07) is 12.9. The summed E-state index contributed by atoms with van der Waals surface area (Å²) in [6.45, 7) is 3.99. The molecule has 0 spiro atoms. The smallest absolute Gasteiger partial charge is 0.266 e. The fourth-order valence-corrected chi connectivity index (χ4v) is 3.98. The first kappa shape index (κ1) is 20.7. The fourth-order valence-electron chi connectivity index (χ4n) is 2.01. The number of anilines is 1. The Bertz CT molecular complexity index is 897. The van der Waals surface area contributed by atoms with Crippen LogP contribution in [0.15, 0.2) is 63.6 Å². The van der Waals surface area contributed by atoms with Gasteiger partial charge >= 0.3 is 0 Å². The molecule has 2 aromatic carbocycles. The van der Waals surface area contributed by atoms with Crippen LogP contribution in [-0.4, -0.2) is 12.5 Å². The molecule has 0 radical (unpaired) electrons. The van der Waals surface area contributed by atoms with E-state index in [1.165, 1.54) is 6.08 Å². The highest BCUT2D eigenvalue weighted by Gasteiger charge is 2.13. The number of hydrogen-bond acceptors (Lipinski definition) is 3. The van der Waals surface area contributed by atoms with Gasteiger partial charge in [-0.25, -0.2) is 0 Å². The predicted octanol–water partition coefficient (Wildman–Crippen LogP) is 5.93. The summed E-state index contributed by atoms with van der Waals surface area (Å²) in [6.07, 6.45) is 3.17. The Morgan fingerprint density at radius 1 is 1.31 bits per heavy atom. The molecule has 0 aliphatic rings. The van der Waals surface area contributed by atoms with Crippen molar-refractivity contribution in [3.63, 3.8) is 0 Å². The molecule has 0 atom stereocenters. The molecule has 2 rings (SSSR count). The van der Waals surface area contributed by atoms with Crippen molar-refractivity contribution in [2.24, 2.45) is 0 Å². The second kappa shape index (κ2) is 9.90. The molecule has 0 saturated carbocycles. The number of nitrogens with one attached hydrogen (secondary N) is 1. The van der Waals surface area contributed by atoms with Gasteiger partial charge in [0.1, 0.15) is 24.0 Å². The van der Waals surface area contributed by atoms with Gasteiger partial charge in [0, 0.05) is 3.57 Å². The van der Waals surface area contributed by atoms with E-state index < -0.39 is 5.91 Å². The molecule has 0 unspecified atom stereocenters. The standard InChI is InChI=1S/C19H13Br2IN2O2/c1-2-7-26-18-14(20)9-12(10-15(18)21)8-13(11-23)19(25)24-17-6-4-3-5-16(17)22/h2-6,8-10H,1,7H2,(H,24,25)/b13-8-. The molecule has 2 aromatic rings. The summed E-state index contributed by atoms with van der Waals surface area (Å²) in [5.74, 6) is 0.166. The second-order valence-corrected chi connectivity index (χ2v) is 7.89. The maximum absolute atomic E-state index is 12.4. The molecule has 0 aliphatic heterocycles. The summed E-state index contributed by atoms with van der Waals surface area (Å²) >= 11 is 9.00. The van der Waals surface area contributed by atoms with Crippen LogP contribution in [0.2, 0.25) is 0 Å². The number of nitrogens with zero attached hydrogens (tertiary/aromatic N) is 1. The summed E-state index contributed by atoms with van der Waals surface area (Å²) in [7, 11) is 0. The Hall–Kier alpha value is -1.63. The molecule has 26 heavy (non-hydrogen) atoms. The third-order valence-electron chi connectivity index (χ3n) is 3.16. The third-order valence-corrected chi connectivity index (χ3v) is 5.28. The molecule has 0 saturated heterocycles. The summed E-state index contributed by atoms with van der Waals surface area (Å²) in [5.41, 5.74) is 1.35. The van der Waals surface area contributed by atoms with E-state index in [2.05, 4.69) is 66.3 Å². The molecule has 1 amide bonds. The van der Waals surface area contributed by atoms with Gasteiger partial charge < -0.3 is 10.1 Å². The Morgan fingerprint density at radius 2 is 1.96 bits per heavy atom. The number of nitriles is 1. The van der Waals surface area contributed by atoms with Gasteiger partial charge in [-0.2, -0.15) is 5.26 Å². The zero-order valence-corrected chi connectivity index (χ0v) is 18.8. The summed E-state index contributed by atoms with van der Waals surface area (Å²) in [5, 5.41) is 12.1. The second-order valence-electron chi connectivity index (χ2n) is 5.02. The lowest BCUT2D eigenvalue weighted by Gasteiger charge is -2.10. The summed E-state index contributed by atoms with van der Waals surface area (Å²) in [4.78, 5) is 12.4. The van der Waals surface area contributed by atoms with E-state index in [0.29, 0.717) is 32.6 Å². The van der Waals surface area contributed by atoms with Crippen LogP contribution in [0.4, 0.5) is 5.69 Å². The minimum absolute atomic E-state index is 0.00297. The highest BCUT2D eigenvalue weighted by Crippen LogP contribution is 2.35. The lowest BCUT2D eigenvalue weighted by Crippen LogP contribution is -2.14. The number of para-hydroxylation sites is 1. The maximum Gasteiger partial charge on any atom is 0.266 e. The lowest BCUT2D eigenvalue weighted by molar-refractivity contribution is -0.112. The average molecular weight is 588 g/mol. The van der Waals surface area contributed by atoms with Crippen molar-refractivity contribution in [3.05, 3.63) is 72.7 Å². The van der Waals surface area contributed by atoms with Crippen LogP contribution in [0.25, 0.3) is 6.08 Å². The van der Waals surface area contributed by atoms with Crippen LogP contribution in [0, 0.1) is 14.9 Å². The van der Waals surface area contributed by atoms with Crippen LogP contribution in [-0.2, 0) is 4.79 Å². The van der Waals surface area contributed by atoms with Gasteiger partial charge in [-0.3, -0.25) is 4.79 Å². The van der Waals surface area contributed by atoms with E-state index in [1.54, 1.807) is 24.3 Å². The average Bonchev–Trinajstić information content (AvgIpc) is 2.61. The molecule has 0 fully saturated rings. The van der Waals surface area contributed by atoms with E-state index in [-0.39, 0.29) is 5.57 Å². The third kappa shape index (κ3) is 5.43. The monoisotopic (exact) mass is 586 g/mol. The van der Waals surface area contributed by atoms with Crippen molar-refractivity contribution >= 4 is 72.1 Å². The molecule has 0 aromatic heterocycles. The first-order chi connectivity index (χ1) is 12.5. The molecular formula is C19H13Br2IN2O2. The fraction of sp³-hybridized carbons (Fsp3) is 0.0526. The topological polar surface area (TPSA) is 62.1 Å². The van der Waals surface area contributed by atoms with E-state index in [4.69, 9.17) is 4.74 Å². The molecule has 7 heteroatoms. The number of ether oxygens (including phenoxy) is 1. The molecule has 0 heterocycles. The summed E-state index contributed by atoms with van der Waals surface area (Å²) < 4.78 is 7.87. The molecule has 0 bridgehead atoms. The van der Waals surface area contributed by atoms with Gasteiger partial charge in [-0.05, 0) is 90.4 Å². The number of rotatable bonds is 6. The maximum atomic E-state index is 12.4. The lowest BCUT2D eigenvalue weighted by atomic mass is 10.1. The quantitative estimate of drug-likeness (QED) is 0.197. The number of hydrogen-bond donors (Lipinski definition) is 1. The Labute approximate surface area is 182 Å². The normalized spacial score (nSPS) is 10.8. The van der Waals surface area contributed by atoms with E-state index in [1.807, 2.05) is 24.3 Å². The molecule has 0 aliphatic carbocycles. The van der Waals surface area contributed by atoms with Gasteiger partial charge in [-0.15, -0.1) is 0 Å². The first-order valence-electron chi connectivity index (χ1n) is 7.36.